The maximum Gasteiger partial charge on any atom is 0.0957 e. The van der Waals surface area contributed by atoms with Crippen molar-refractivity contribution in [3.05, 3.63) is 21.9 Å². The summed E-state index contributed by atoms with van der Waals surface area (Å²) in [5.41, 5.74) is 0. The fraction of sp³-hybridized carbons (Fsp3) is 0.667. The minimum absolute atomic E-state index is 0.336. The molecule has 1 N–H and O–H groups in total. The van der Waals surface area contributed by atoms with Crippen LogP contribution in [0.2, 0.25) is 0 Å². The number of ether oxygens (including phenoxy) is 1. The van der Waals surface area contributed by atoms with E-state index in [1.54, 1.807) is 0 Å². The molecule has 2 atom stereocenters. The van der Waals surface area contributed by atoms with E-state index in [1.165, 1.54) is 16.2 Å². The Kier molecular flexibility index (Phi) is 3.78. The first-order chi connectivity index (χ1) is 7.31. The first-order valence-corrected chi connectivity index (χ1v) is 6.51. The van der Waals surface area contributed by atoms with Crippen LogP contribution in [0.25, 0.3) is 0 Å². The second-order valence-electron chi connectivity index (χ2n) is 4.10. The fourth-order valence-corrected chi connectivity index (χ4v) is 3.11. The highest BCUT2D eigenvalue weighted by atomic mass is 32.1. The van der Waals surface area contributed by atoms with Crippen LogP contribution in [0.15, 0.2) is 12.1 Å². The first kappa shape index (κ1) is 11.1. The molecule has 1 aliphatic rings. The third kappa shape index (κ3) is 2.60. The second kappa shape index (κ2) is 5.10. The summed E-state index contributed by atoms with van der Waals surface area (Å²) in [6.07, 6.45) is 1.52. The van der Waals surface area contributed by atoms with Crippen molar-refractivity contribution in [1.82, 2.24) is 5.32 Å². The van der Waals surface area contributed by atoms with Gasteiger partial charge in [-0.05, 0) is 32.0 Å². The van der Waals surface area contributed by atoms with Crippen LogP contribution in [0.5, 0.6) is 0 Å². The van der Waals surface area contributed by atoms with E-state index in [9.17, 15) is 0 Å². The normalized spacial score (nSPS) is 26.0. The first-order valence-electron chi connectivity index (χ1n) is 5.70. The molecule has 1 aromatic heterocycles. The van der Waals surface area contributed by atoms with Gasteiger partial charge in [-0.2, -0.15) is 0 Å². The quantitative estimate of drug-likeness (QED) is 0.850. The van der Waals surface area contributed by atoms with Crippen molar-refractivity contribution in [2.45, 2.75) is 26.4 Å². The Hall–Kier alpha value is -0.380. The Morgan fingerprint density at radius 1 is 1.53 bits per heavy atom. The van der Waals surface area contributed by atoms with Gasteiger partial charge in [-0.3, -0.25) is 0 Å². The van der Waals surface area contributed by atoms with Crippen LogP contribution >= 0.6 is 11.3 Å². The third-order valence-corrected chi connectivity index (χ3v) is 3.97. The summed E-state index contributed by atoms with van der Waals surface area (Å²) in [5.74, 6) is 0.656. The molecule has 2 unspecified atom stereocenters. The molecule has 0 saturated carbocycles. The predicted octanol–water partition coefficient (Wildman–Crippen LogP) is 2.74. The summed E-state index contributed by atoms with van der Waals surface area (Å²) in [4.78, 5) is 2.77. The smallest absolute Gasteiger partial charge is 0.0957 e. The molecule has 2 rings (SSSR count). The van der Waals surface area contributed by atoms with Crippen LogP contribution in [0.1, 0.15) is 29.2 Å². The number of hydrogen-bond donors (Lipinski definition) is 1. The molecule has 1 aromatic rings. The Morgan fingerprint density at radius 2 is 2.40 bits per heavy atom. The zero-order chi connectivity index (χ0) is 10.7. The van der Waals surface area contributed by atoms with Gasteiger partial charge in [0, 0.05) is 28.8 Å². The van der Waals surface area contributed by atoms with Crippen molar-refractivity contribution in [2.75, 3.05) is 19.7 Å². The third-order valence-electron chi connectivity index (χ3n) is 2.91. The SMILES string of the molecule is CCNCC1CCOC1c1ccc(C)s1. The van der Waals surface area contributed by atoms with Gasteiger partial charge >= 0.3 is 0 Å². The van der Waals surface area contributed by atoms with Gasteiger partial charge in [0.2, 0.25) is 0 Å². The van der Waals surface area contributed by atoms with Crippen LogP contribution in [-0.4, -0.2) is 19.7 Å². The Labute approximate surface area is 95.6 Å². The predicted molar refractivity (Wildman–Crippen MR) is 64.4 cm³/mol. The van der Waals surface area contributed by atoms with Gasteiger partial charge in [-0.1, -0.05) is 6.92 Å². The molecule has 0 spiro atoms. The molecule has 0 aromatic carbocycles. The summed E-state index contributed by atoms with van der Waals surface area (Å²) in [7, 11) is 0. The number of thiophene rings is 1. The van der Waals surface area contributed by atoms with Crippen LogP contribution in [0, 0.1) is 12.8 Å². The van der Waals surface area contributed by atoms with Crippen LogP contribution < -0.4 is 5.32 Å². The summed E-state index contributed by atoms with van der Waals surface area (Å²) in [6.45, 7) is 7.35. The van der Waals surface area contributed by atoms with E-state index in [4.69, 9.17) is 4.74 Å². The topological polar surface area (TPSA) is 21.3 Å². The van der Waals surface area contributed by atoms with Crippen molar-refractivity contribution >= 4 is 11.3 Å². The van der Waals surface area contributed by atoms with E-state index in [-0.39, 0.29) is 0 Å². The molecule has 0 radical (unpaired) electrons. The van der Waals surface area contributed by atoms with Crippen LogP contribution in [0.4, 0.5) is 0 Å². The lowest BCUT2D eigenvalue weighted by atomic mass is 10.0. The van der Waals surface area contributed by atoms with E-state index < -0.39 is 0 Å². The van der Waals surface area contributed by atoms with Crippen molar-refractivity contribution < 1.29 is 4.74 Å². The second-order valence-corrected chi connectivity index (χ2v) is 5.42. The number of rotatable bonds is 4. The van der Waals surface area contributed by atoms with Gasteiger partial charge in [-0.15, -0.1) is 11.3 Å². The number of aryl methyl sites for hydroxylation is 1. The van der Waals surface area contributed by atoms with Crippen molar-refractivity contribution in [2.24, 2.45) is 5.92 Å². The average Bonchev–Trinajstić information content (AvgIpc) is 2.82. The van der Waals surface area contributed by atoms with Crippen LogP contribution in [0.3, 0.4) is 0 Å². The highest BCUT2D eigenvalue weighted by Gasteiger charge is 2.29. The largest absolute Gasteiger partial charge is 0.372 e. The van der Waals surface area contributed by atoms with Gasteiger partial charge < -0.3 is 10.1 Å². The van der Waals surface area contributed by atoms with E-state index in [0.717, 1.165) is 19.7 Å². The van der Waals surface area contributed by atoms with E-state index in [2.05, 4.69) is 31.3 Å². The van der Waals surface area contributed by atoms with E-state index in [0.29, 0.717) is 12.0 Å². The Bertz CT molecular complexity index is 310. The molecule has 0 amide bonds. The minimum Gasteiger partial charge on any atom is -0.372 e. The van der Waals surface area contributed by atoms with E-state index >= 15 is 0 Å². The lowest BCUT2D eigenvalue weighted by molar-refractivity contribution is 0.0935. The molecule has 1 fully saturated rings. The molecule has 0 bridgehead atoms. The van der Waals surface area contributed by atoms with Gasteiger partial charge in [0.15, 0.2) is 0 Å². The molecule has 15 heavy (non-hydrogen) atoms. The maximum absolute atomic E-state index is 5.83. The van der Waals surface area contributed by atoms with Gasteiger partial charge in [-0.25, -0.2) is 0 Å². The van der Waals surface area contributed by atoms with Crippen molar-refractivity contribution in [1.29, 1.82) is 0 Å². The monoisotopic (exact) mass is 225 g/mol. The maximum atomic E-state index is 5.83. The standard InChI is InChI=1S/C12H19NOS/c1-3-13-8-10-6-7-14-12(10)11-5-4-9(2)15-11/h4-5,10,12-13H,3,6-8H2,1-2H3. The molecule has 1 saturated heterocycles. The minimum atomic E-state index is 0.336. The summed E-state index contributed by atoms with van der Waals surface area (Å²) in [5, 5.41) is 3.42. The molecule has 0 aliphatic carbocycles. The van der Waals surface area contributed by atoms with Crippen molar-refractivity contribution in [3.8, 4) is 0 Å². The molecule has 3 heteroatoms. The molecule has 2 nitrogen and oxygen atoms in total. The average molecular weight is 225 g/mol. The molecule has 2 heterocycles. The lowest BCUT2D eigenvalue weighted by Crippen LogP contribution is -2.24. The fourth-order valence-electron chi connectivity index (χ4n) is 2.09. The molecule has 1 aliphatic heterocycles. The Balaban J connectivity index is 2.01. The zero-order valence-electron chi connectivity index (χ0n) is 9.45. The lowest BCUT2D eigenvalue weighted by Gasteiger charge is -2.17. The molecular weight excluding hydrogens is 206 g/mol. The van der Waals surface area contributed by atoms with Crippen LogP contribution in [-0.2, 0) is 4.74 Å². The Morgan fingerprint density at radius 3 is 3.07 bits per heavy atom. The van der Waals surface area contributed by atoms with E-state index in [1.807, 2.05) is 11.3 Å². The van der Waals surface area contributed by atoms with Gasteiger partial charge in [0.25, 0.3) is 0 Å². The zero-order valence-corrected chi connectivity index (χ0v) is 10.3. The van der Waals surface area contributed by atoms with Crippen molar-refractivity contribution in [3.63, 3.8) is 0 Å². The van der Waals surface area contributed by atoms with Gasteiger partial charge in [0.05, 0.1) is 6.10 Å². The highest BCUT2D eigenvalue weighted by Crippen LogP contribution is 2.37. The summed E-state index contributed by atoms with van der Waals surface area (Å²) < 4.78 is 5.83. The highest BCUT2D eigenvalue weighted by molar-refractivity contribution is 7.12. The number of hydrogen-bond acceptors (Lipinski definition) is 3. The summed E-state index contributed by atoms with van der Waals surface area (Å²) in [6, 6.07) is 4.40. The molecule has 84 valence electrons. The molecular formula is C12H19NOS. The summed E-state index contributed by atoms with van der Waals surface area (Å²) >= 11 is 1.87. The van der Waals surface area contributed by atoms with Gasteiger partial charge in [0.1, 0.15) is 0 Å². The number of nitrogens with one attached hydrogen (secondary N) is 1.